The van der Waals surface area contributed by atoms with Gasteiger partial charge < -0.3 is 29.9 Å². The lowest BCUT2D eigenvalue weighted by atomic mass is 9.99. The van der Waals surface area contributed by atoms with Crippen molar-refractivity contribution in [2.45, 2.75) is 36.8 Å². The maximum absolute atomic E-state index is 9.86. The third-order valence-electron chi connectivity index (χ3n) is 3.34. The average molecular weight is 295 g/mol. The van der Waals surface area contributed by atoms with Crippen LogP contribution in [-0.2, 0) is 9.47 Å². The molecule has 1 aromatic carbocycles. The Labute approximate surface area is 121 Å². The van der Waals surface area contributed by atoms with E-state index < -0.39 is 43.4 Å². The molecule has 1 heterocycles. The fourth-order valence-corrected chi connectivity index (χ4v) is 2.13. The van der Waals surface area contributed by atoms with Gasteiger partial charge in [-0.3, -0.25) is 0 Å². The lowest BCUT2D eigenvalue weighted by molar-refractivity contribution is -0.307. The Morgan fingerprint density at radius 3 is 2.38 bits per heavy atom. The first kappa shape index (κ1) is 15.9. The van der Waals surface area contributed by atoms with Crippen LogP contribution in [0.2, 0.25) is 0 Å². The summed E-state index contributed by atoms with van der Waals surface area (Å²) in [7, 11) is 0. The molecule has 0 spiro atoms. The van der Waals surface area contributed by atoms with Crippen LogP contribution in [0, 0.1) is 11.3 Å². The molecule has 2 rings (SSSR count). The van der Waals surface area contributed by atoms with E-state index in [1.165, 1.54) is 0 Å². The van der Waals surface area contributed by atoms with Gasteiger partial charge in [-0.1, -0.05) is 30.3 Å². The van der Waals surface area contributed by atoms with Crippen molar-refractivity contribution in [3.63, 3.8) is 0 Å². The molecule has 21 heavy (non-hydrogen) atoms. The van der Waals surface area contributed by atoms with Crippen LogP contribution in [0.4, 0.5) is 0 Å². The number of nitrogens with zero attached hydrogens (tertiary/aromatic N) is 1. The molecule has 0 aromatic heterocycles. The van der Waals surface area contributed by atoms with Crippen LogP contribution in [0.5, 0.6) is 0 Å². The highest BCUT2D eigenvalue weighted by molar-refractivity contribution is 5.22. The fraction of sp³-hybridized carbons (Fsp3) is 0.500. The summed E-state index contributed by atoms with van der Waals surface area (Å²) < 4.78 is 10.6. The summed E-state index contributed by atoms with van der Waals surface area (Å²) in [5.41, 5.74) is 0.567. The second kappa shape index (κ2) is 6.95. The van der Waals surface area contributed by atoms with Gasteiger partial charge in [0.2, 0.25) is 0 Å². The van der Waals surface area contributed by atoms with Gasteiger partial charge >= 0.3 is 0 Å². The van der Waals surface area contributed by atoms with Crippen molar-refractivity contribution in [2.75, 3.05) is 6.61 Å². The summed E-state index contributed by atoms with van der Waals surface area (Å²) in [4.78, 5) is 0. The van der Waals surface area contributed by atoms with Crippen molar-refractivity contribution in [1.82, 2.24) is 0 Å². The lowest BCUT2D eigenvalue weighted by Gasteiger charge is -2.40. The number of hydrogen-bond donors (Lipinski definition) is 4. The molecule has 0 saturated carbocycles. The summed E-state index contributed by atoms with van der Waals surface area (Å²) >= 11 is 0. The zero-order valence-electron chi connectivity index (χ0n) is 11.1. The van der Waals surface area contributed by atoms with E-state index in [4.69, 9.17) is 19.8 Å². The molecule has 1 fully saturated rings. The Balaban J connectivity index is 2.12. The normalized spacial score (nSPS) is 34.1. The average Bonchev–Trinajstić information content (AvgIpc) is 2.53. The molecule has 0 radical (unpaired) electrons. The van der Waals surface area contributed by atoms with Gasteiger partial charge in [0.25, 0.3) is 0 Å². The number of nitriles is 1. The topological polar surface area (TPSA) is 123 Å². The number of rotatable bonds is 4. The van der Waals surface area contributed by atoms with Gasteiger partial charge in [0, 0.05) is 0 Å². The molecule has 4 N–H and O–H groups in total. The number of hydrogen-bond acceptors (Lipinski definition) is 7. The summed E-state index contributed by atoms with van der Waals surface area (Å²) in [6, 6.07) is 10.5. The van der Waals surface area contributed by atoms with Crippen molar-refractivity contribution in [2.24, 2.45) is 0 Å². The van der Waals surface area contributed by atoms with Gasteiger partial charge in [-0.25, -0.2) is 0 Å². The van der Waals surface area contributed by atoms with Gasteiger partial charge in [0.1, 0.15) is 24.4 Å². The summed E-state index contributed by atoms with van der Waals surface area (Å²) in [5.74, 6) is 0. The molecule has 1 aliphatic rings. The van der Waals surface area contributed by atoms with E-state index in [2.05, 4.69) is 0 Å². The number of aliphatic hydroxyl groups is 4. The third kappa shape index (κ3) is 3.39. The first-order valence-electron chi connectivity index (χ1n) is 6.49. The van der Waals surface area contributed by atoms with E-state index >= 15 is 0 Å². The van der Waals surface area contributed by atoms with Crippen molar-refractivity contribution >= 4 is 0 Å². The Bertz CT molecular complexity index is 488. The standard InChI is InChI=1S/C14H17NO6/c15-6-9(8-4-2-1-3-5-8)20-14-13(19)12(18)11(17)10(7-16)21-14/h1-5,9-14,16-19H,7H2/t9-,10?,11?,12?,13?,14?/m1/s1. The monoisotopic (exact) mass is 295 g/mol. The third-order valence-corrected chi connectivity index (χ3v) is 3.34. The molecule has 0 amide bonds. The van der Waals surface area contributed by atoms with E-state index in [0.717, 1.165) is 0 Å². The van der Waals surface area contributed by atoms with Crippen molar-refractivity contribution in [3.8, 4) is 6.07 Å². The zero-order chi connectivity index (χ0) is 15.4. The van der Waals surface area contributed by atoms with Gasteiger partial charge in [-0.2, -0.15) is 5.26 Å². The predicted octanol–water partition coefficient (Wildman–Crippen LogP) is -0.932. The van der Waals surface area contributed by atoms with E-state index in [-0.39, 0.29) is 0 Å². The molecule has 1 saturated heterocycles. The van der Waals surface area contributed by atoms with Gasteiger partial charge in [0.05, 0.1) is 12.7 Å². The van der Waals surface area contributed by atoms with Crippen LogP contribution in [0.3, 0.4) is 0 Å². The van der Waals surface area contributed by atoms with Crippen LogP contribution < -0.4 is 0 Å². The molecular weight excluding hydrogens is 278 g/mol. The smallest absolute Gasteiger partial charge is 0.188 e. The first-order chi connectivity index (χ1) is 10.1. The largest absolute Gasteiger partial charge is 0.394 e. The highest BCUT2D eigenvalue weighted by Gasteiger charge is 2.44. The van der Waals surface area contributed by atoms with Crippen LogP contribution in [0.1, 0.15) is 11.7 Å². The molecule has 0 bridgehead atoms. The Kier molecular flexibility index (Phi) is 5.25. The minimum Gasteiger partial charge on any atom is -0.394 e. The van der Waals surface area contributed by atoms with Gasteiger partial charge in [0.15, 0.2) is 12.4 Å². The number of aliphatic hydroxyl groups excluding tert-OH is 4. The van der Waals surface area contributed by atoms with Gasteiger partial charge in [-0.05, 0) is 5.56 Å². The minimum absolute atomic E-state index is 0.548. The molecule has 0 aliphatic carbocycles. The van der Waals surface area contributed by atoms with Crippen LogP contribution in [-0.4, -0.2) is 57.7 Å². The second-order valence-corrected chi connectivity index (χ2v) is 4.75. The predicted molar refractivity (Wildman–Crippen MR) is 69.6 cm³/mol. The van der Waals surface area contributed by atoms with E-state index in [0.29, 0.717) is 5.56 Å². The highest BCUT2D eigenvalue weighted by Crippen LogP contribution is 2.27. The molecule has 6 atom stereocenters. The van der Waals surface area contributed by atoms with Crippen molar-refractivity contribution in [3.05, 3.63) is 35.9 Å². The van der Waals surface area contributed by atoms with E-state index in [1.807, 2.05) is 6.07 Å². The molecule has 1 aliphatic heterocycles. The quantitative estimate of drug-likeness (QED) is 0.565. The molecule has 7 heteroatoms. The summed E-state index contributed by atoms with van der Waals surface area (Å²) in [5, 5.41) is 47.5. The molecule has 114 valence electrons. The number of benzene rings is 1. The summed E-state index contributed by atoms with van der Waals surface area (Å²) in [6.07, 6.45) is -7.91. The molecule has 7 nitrogen and oxygen atoms in total. The summed E-state index contributed by atoms with van der Waals surface area (Å²) in [6.45, 7) is -0.548. The molecule has 1 aromatic rings. The first-order valence-corrected chi connectivity index (χ1v) is 6.49. The second-order valence-electron chi connectivity index (χ2n) is 4.75. The van der Waals surface area contributed by atoms with E-state index in [1.54, 1.807) is 30.3 Å². The maximum Gasteiger partial charge on any atom is 0.188 e. The van der Waals surface area contributed by atoms with Crippen LogP contribution in [0.15, 0.2) is 30.3 Å². The van der Waals surface area contributed by atoms with E-state index in [9.17, 15) is 15.3 Å². The zero-order valence-corrected chi connectivity index (χ0v) is 11.1. The number of ether oxygens (including phenoxy) is 2. The maximum atomic E-state index is 9.86. The molecule has 5 unspecified atom stereocenters. The van der Waals surface area contributed by atoms with Gasteiger partial charge in [-0.15, -0.1) is 0 Å². The van der Waals surface area contributed by atoms with Crippen molar-refractivity contribution < 1.29 is 29.9 Å². The van der Waals surface area contributed by atoms with Crippen LogP contribution in [0.25, 0.3) is 0 Å². The fourth-order valence-electron chi connectivity index (χ4n) is 2.13. The van der Waals surface area contributed by atoms with Crippen LogP contribution >= 0.6 is 0 Å². The molecular formula is C14H17NO6. The SMILES string of the molecule is N#C[C@@H](OC1OC(CO)C(O)C(O)C1O)c1ccccc1. The minimum atomic E-state index is -1.53. The Morgan fingerprint density at radius 2 is 1.81 bits per heavy atom. The lowest BCUT2D eigenvalue weighted by Crippen LogP contribution is -2.59. The van der Waals surface area contributed by atoms with Crippen molar-refractivity contribution in [1.29, 1.82) is 5.26 Å². The Morgan fingerprint density at radius 1 is 1.14 bits per heavy atom. The highest BCUT2D eigenvalue weighted by atomic mass is 16.7. The Hall–Kier alpha value is -1.53.